The lowest BCUT2D eigenvalue weighted by Crippen LogP contribution is -2.07. The van der Waals surface area contributed by atoms with E-state index in [2.05, 4.69) is 15.3 Å². The maximum atomic E-state index is 13.4. The SMILES string of the molecule is Cc1nc(Nc2ccc(C(F)(F)F)cc2)c2ccc(-c3ccccc3C(F)(F)F)cc2n1. The normalized spacial score (nSPS) is 12.2. The van der Waals surface area contributed by atoms with Crippen LogP contribution in [0.4, 0.5) is 37.8 Å². The number of anilines is 2. The van der Waals surface area contributed by atoms with E-state index >= 15 is 0 Å². The average molecular weight is 447 g/mol. The molecule has 0 aliphatic rings. The van der Waals surface area contributed by atoms with Crippen LogP contribution in [0.15, 0.2) is 66.7 Å². The molecule has 0 unspecified atom stereocenters. The van der Waals surface area contributed by atoms with E-state index in [0.717, 1.165) is 18.2 Å². The second-order valence-corrected chi connectivity index (χ2v) is 7.09. The van der Waals surface area contributed by atoms with Crippen LogP contribution in [0.25, 0.3) is 22.0 Å². The Hall–Kier alpha value is -3.62. The van der Waals surface area contributed by atoms with Gasteiger partial charge in [-0.05, 0) is 60.5 Å². The molecule has 0 spiro atoms. The molecule has 1 heterocycles. The minimum atomic E-state index is -4.51. The van der Waals surface area contributed by atoms with E-state index in [1.165, 1.54) is 42.5 Å². The molecule has 164 valence electrons. The van der Waals surface area contributed by atoms with Crippen LogP contribution in [-0.2, 0) is 12.4 Å². The number of hydrogen-bond acceptors (Lipinski definition) is 3. The molecule has 0 bridgehead atoms. The number of aromatic nitrogens is 2. The molecule has 1 aromatic heterocycles. The van der Waals surface area contributed by atoms with Gasteiger partial charge in [-0.15, -0.1) is 0 Å². The zero-order valence-corrected chi connectivity index (χ0v) is 16.5. The van der Waals surface area contributed by atoms with Crippen molar-refractivity contribution in [1.29, 1.82) is 0 Å². The average Bonchev–Trinajstić information content (AvgIpc) is 2.72. The van der Waals surface area contributed by atoms with E-state index in [1.807, 2.05) is 0 Å². The van der Waals surface area contributed by atoms with Crippen LogP contribution < -0.4 is 5.32 Å². The number of benzene rings is 3. The van der Waals surface area contributed by atoms with Gasteiger partial charge >= 0.3 is 12.4 Å². The van der Waals surface area contributed by atoms with Gasteiger partial charge in [-0.2, -0.15) is 26.3 Å². The van der Waals surface area contributed by atoms with Crippen molar-refractivity contribution in [3.8, 4) is 11.1 Å². The molecule has 0 amide bonds. The van der Waals surface area contributed by atoms with Gasteiger partial charge in [0.15, 0.2) is 0 Å². The molecule has 0 fully saturated rings. The summed E-state index contributed by atoms with van der Waals surface area (Å²) < 4.78 is 78.6. The van der Waals surface area contributed by atoms with Crippen LogP contribution in [0.1, 0.15) is 17.0 Å². The molecule has 32 heavy (non-hydrogen) atoms. The molecule has 0 radical (unpaired) electrons. The maximum absolute atomic E-state index is 13.4. The Morgan fingerprint density at radius 3 is 2.09 bits per heavy atom. The van der Waals surface area contributed by atoms with Crippen LogP contribution in [0.5, 0.6) is 0 Å². The summed E-state index contributed by atoms with van der Waals surface area (Å²) in [6.45, 7) is 1.62. The Morgan fingerprint density at radius 1 is 0.750 bits per heavy atom. The van der Waals surface area contributed by atoms with Crippen molar-refractivity contribution in [2.45, 2.75) is 19.3 Å². The van der Waals surface area contributed by atoms with E-state index in [-0.39, 0.29) is 5.56 Å². The molecular formula is C23H15F6N3. The highest BCUT2D eigenvalue weighted by molar-refractivity contribution is 5.93. The number of nitrogens with one attached hydrogen (secondary N) is 1. The van der Waals surface area contributed by atoms with E-state index in [4.69, 9.17) is 0 Å². The highest BCUT2D eigenvalue weighted by Crippen LogP contribution is 2.38. The van der Waals surface area contributed by atoms with Crippen molar-refractivity contribution in [1.82, 2.24) is 9.97 Å². The van der Waals surface area contributed by atoms with E-state index < -0.39 is 23.5 Å². The third-order valence-electron chi connectivity index (χ3n) is 4.83. The highest BCUT2D eigenvalue weighted by Gasteiger charge is 2.33. The molecule has 1 N–H and O–H groups in total. The summed E-state index contributed by atoms with van der Waals surface area (Å²) >= 11 is 0. The summed E-state index contributed by atoms with van der Waals surface area (Å²) in [6, 6.07) is 14.4. The van der Waals surface area contributed by atoms with Crippen molar-refractivity contribution in [3.63, 3.8) is 0 Å². The zero-order valence-electron chi connectivity index (χ0n) is 16.5. The van der Waals surface area contributed by atoms with Crippen molar-refractivity contribution in [2.24, 2.45) is 0 Å². The molecule has 3 nitrogen and oxygen atoms in total. The Bertz CT molecular complexity index is 1280. The van der Waals surface area contributed by atoms with E-state index in [9.17, 15) is 26.3 Å². The van der Waals surface area contributed by atoms with Gasteiger partial charge in [-0.3, -0.25) is 0 Å². The van der Waals surface area contributed by atoms with Gasteiger partial charge in [0, 0.05) is 11.1 Å². The van der Waals surface area contributed by atoms with Gasteiger partial charge in [0.1, 0.15) is 11.6 Å². The molecule has 4 aromatic rings. The first-order valence-electron chi connectivity index (χ1n) is 9.42. The Kier molecular flexibility index (Phi) is 5.28. The van der Waals surface area contributed by atoms with Gasteiger partial charge < -0.3 is 5.32 Å². The van der Waals surface area contributed by atoms with Gasteiger partial charge in [0.05, 0.1) is 16.6 Å². The number of hydrogen-bond donors (Lipinski definition) is 1. The van der Waals surface area contributed by atoms with Gasteiger partial charge in [-0.25, -0.2) is 9.97 Å². The van der Waals surface area contributed by atoms with Crippen molar-refractivity contribution < 1.29 is 26.3 Å². The fourth-order valence-electron chi connectivity index (χ4n) is 3.37. The van der Waals surface area contributed by atoms with E-state index in [0.29, 0.717) is 33.8 Å². The lowest BCUT2D eigenvalue weighted by molar-refractivity contribution is -0.138. The molecule has 0 aliphatic carbocycles. The zero-order chi connectivity index (χ0) is 23.1. The Balaban J connectivity index is 1.75. The molecule has 3 aromatic carbocycles. The van der Waals surface area contributed by atoms with Gasteiger partial charge in [0.2, 0.25) is 0 Å². The summed E-state index contributed by atoms with van der Waals surface area (Å²) in [4.78, 5) is 8.62. The quantitative estimate of drug-likeness (QED) is 0.333. The molecule has 0 saturated heterocycles. The fourth-order valence-corrected chi connectivity index (χ4v) is 3.37. The second kappa shape index (κ2) is 7.81. The molecular weight excluding hydrogens is 432 g/mol. The summed E-state index contributed by atoms with van der Waals surface area (Å²) in [5.74, 6) is 0.691. The standard InChI is InChI=1S/C23H15F6N3/c1-13-30-20-12-14(17-4-2-3-5-19(17)23(27,28)29)6-11-18(20)21(31-13)32-16-9-7-15(8-10-16)22(24,25)26/h2-12H,1H3,(H,30,31,32). The Morgan fingerprint density at radius 2 is 1.44 bits per heavy atom. The summed E-state index contributed by atoms with van der Waals surface area (Å²) in [5, 5.41) is 3.48. The summed E-state index contributed by atoms with van der Waals surface area (Å²) in [6.07, 6.45) is -8.96. The van der Waals surface area contributed by atoms with E-state index in [1.54, 1.807) is 13.0 Å². The minimum absolute atomic E-state index is 0.0235. The fraction of sp³-hybridized carbons (Fsp3) is 0.130. The van der Waals surface area contributed by atoms with Gasteiger partial charge in [0.25, 0.3) is 0 Å². The first-order chi connectivity index (χ1) is 15.0. The first-order valence-corrected chi connectivity index (χ1v) is 9.42. The number of nitrogens with zero attached hydrogens (tertiary/aromatic N) is 2. The van der Waals surface area contributed by atoms with Crippen LogP contribution in [0.3, 0.4) is 0 Å². The van der Waals surface area contributed by atoms with Crippen molar-refractivity contribution in [2.75, 3.05) is 5.32 Å². The smallest absolute Gasteiger partial charge is 0.340 e. The first kappa shape index (κ1) is 21.6. The molecule has 0 saturated carbocycles. The summed E-state index contributed by atoms with van der Waals surface area (Å²) in [7, 11) is 0. The predicted octanol–water partition coefficient (Wildman–Crippen LogP) is 7.39. The third-order valence-corrected chi connectivity index (χ3v) is 4.83. The number of rotatable bonds is 3. The molecule has 4 rings (SSSR count). The molecule has 9 heteroatoms. The highest BCUT2D eigenvalue weighted by atomic mass is 19.4. The van der Waals surface area contributed by atoms with Crippen LogP contribution in [0, 0.1) is 6.92 Å². The minimum Gasteiger partial charge on any atom is -0.340 e. The monoisotopic (exact) mass is 447 g/mol. The largest absolute Gasteiger partial charge is 0.417 e. The number of fused-ring (bicyclic) bond motifs is 1. The second-order valence-electron chi connectivity index (χ2n) is 7.09. The molecule has 0 atom stereocenters. The predicted molar refractivity (Wildman–Crippen MR) is 109 cm³/mol. The van der Waals surface area contributed by atoms with Crippen LogP contribution >= 0.6 is 0 Å². The lowest BCUT2D eigenvalue weighted by Gasteiger charge is -2.14. The maximum Gasteiger partial charge on any atom is 0.417 e. The molecule has 0 aliphatic heterocycles. The van der Waals surface area contributed by atoms with Gasteiger partial charge in [-0.1, -0.05) is 24.3 Å². The Labute approximate surface area is 178 Å². The number of halogens is 6. The third kappa shape index (κ3) is 4.37. The van der Waals surface area contributed by atoms with Crippen molar-refractivity contribution >= 4 is 22.4 Å². The lowest BCUT2D eigenvalue weighted by atomic mass is 9.98. The van der Waals surface area contributed by atoms with Crippen molar-refractivity contribution in [3.05, 3.63) is 83.7 Å². The number of aryl methyl sites for hydroxylation is 1. The van der Waals surface area contributed by atoms with Crippen LogP contribution in [-0.4, -0.2) is 9.97 Å². The number of alkyl halides is 6. The summed E-state index contributed by atoms with van der Waals surface area (Å²) in [5.41, 5.74) is -0.391. The van der Waals surface area contributed by atoms with Crippen LogP contribution in [0.2, 0.25) is 0 Å². The topological polar surface area (TPSA) is 37.8 Å².